The fraction of sp³-hybridized carbons (Fsp3) is 0.222. The van der Waals surface area contributed by atoms with Crippen molar-refractivity contribution in [2.45, 2.75) is 18.9 Å². The molecule has 27 heavy (non-hydrogen) atoms. The molecule has 0 unspecified atom stereocenters. The molecule has 1 heterocycles. The molecule has 0 radical (unpaired) electrons. The van der Waals surface area contributed by atoms with Crippen LogP contribution in [0, 0.1) is 24.1 Å². The van der Waals surface area contributed by atoms with E-state index in [2.05, 4.69) is 10.3 Å². The van der Waals surface area contributed by atoms with Crippen LogP contribution in [0.5, 0.6) is 0 Å². The number of amides is 1. The lowest BCUT2D eigenvalue weighted by Gasteiger charge is -2.10. The van der Waals surface area contributed by atoms with Gasteiger partial charge in [0, 0.05) is 5.02 Å². The number of ether oxygens (including phenoxy) is 1. The Morgan fingerprint density at radius 1 is 1.41 bits per heavy atom. The van der Waals surface area contributed by atoms with E-state index in [-0.39, 0.29) is 34.2 Å². The first-order valence-corrected chi connectivity index (χ1v) is 9.18. The van der Waals surface area contributed by atoms with Crippen LogP contribution in [-0.4, -0.2) is 29.2 Å². The molecular formula is C18H15ClFN3O3S. The number of carbonyl (C=O) groups excluding carboxylic acids is 2. The molecule has 2 rings (SSSR count). The van der Waals surface area contributed by atoms with Crippen LogP contribution in [-0.2, 0) is 9.53 Å². The molecule has 140 valence electrons. The molecule has 0 bridgehead atoms. The lowest BCUT2D eigenvalue weighted by Crippen LogP contribution is -2.15. The number of esters is 1. The van der Waals surface area contributed by atoms with Gasteiger partial charge in [0.25, 0.3) is 0 Å². The Labute approximate surface area is 164 Å². The summed E-state index contributed by atoms with van der Waals surface area (Å²) >= 11 is 6.68. The van der Waals surface area contributed by atoms with Gasteiger partial charge < -0.3 is 10.1 Å². The topological polar surface area (TPSA) is 92.1 Å². The number of nitrogens with zero attached hydrogens (tertiary/aromatic N) is 2. The molecule has 0 saturated carbocycles. The minimum atomic E-state index is -0.647. The second-order valence-corrected chi connectivity index (χ2v) is 6.67. The highest BCUT2D eigenvalue weighted by Crippen LogP contribution is 2.24. The van der Waals surface area contributed by atoms with E-state index in [0.29, 0.717) is 10.7 Å². The number of nitriles is 1. The maximum Gasteiger partial charge on any atom is 0.340 e. The first kappa shape index (κ1) is 20.7. The summed E-state index contributed by atoms with van der Waals surface area (Å²) in [6, 6.07) is 7.25. The molecule has 0 spiro atoms. The number of benzene rings is 1. The number of hydrogen-bond donors (Lipinski definition) is 1. The van der Waals surface area contributed by atoms with E-state index in [1.807, 2.05) is 6.07 Å². The number of thioether (sulfide) groups is 1. The SMILES string of the molecule is CCOC(=O)c1cc(C#N)c(SCC(=O)Nc2ccc(Cl)cc2F)nc1C. The Morgan fingerprint density at radius 2 is 2.15 bits per heavy atom. The van der Waals surface area contributed by atoms with E-state index in [9.17, 15) is 19.2 Å². The number of halogens is 2. The van der Waals surface area contributed by atoms with Crippen molar-refractivity contribution in [1.29, 1.82) is 5.26 Å². The zero-order chi connectivity index (χ0) is 20.0. The molecule has 6 nitrogen and oxygen atoms in total. The molecule has 1 aromatic heterocycles. The first-order chi connectivity index (χ1) is 12.8. The van der Waals surface area contributed by atoms with Crippen LogP contribution in [0.15, 0.2) is 29.3 Å². The van der Waals surface area contributed by atoms with Gasteiger partial charge >= 0.3 is 5.97 Å². The number of rotatable bonds is 6. The number of nitrogens with one attached hydrogen (secondary N) is 1. The zero-order valence-corrected chi connectivity index (χ0v) is 16.1. The first-order valence-electron chi connectivity index (χ1n) is 7.82. The Kier molecular flexibility index (Phi) is 7.16. The minimum Gasteiger partial charge on any atom is -0.462 e. The molecular weight excluding hydrogens is 393 g/mol. The molecule has 9 heteroatoms. The van der Waals surface area contributed by atoms with Gasteiger partial charge in [-0.2, -0.15) is 5.26 Å². The Hall–Kier alpha value is -2.63. The Bertz CT molecular complexity index is 931. The van der Waals surface area contributed by atoms with Gasteiger partial charge in [-0.25, -0.2) is 14.2 Å². The van der Waals surface area contributed by atoms with Gasteiger partial charge in [0.15, 0.2) is 0 Å². The second kappa shape index (κ2) is 9.35. The van der Waals surface area contributed by atoms with E-state index in [1.165, 1.54) is 18.2 Å². The van der Waals surface area contributed by atoms with E-state index in [0.717, 1.165) is 17.8 Å². The third-order valence-corrected chi connectivity index (χ3v) is 4.57. The summed E-state index contributed by atoms with van der Waals surface area (Å²) in [6.07, 6.45) is 0. The number of pyridine rings is 1. The second-order valence-electron chi connectivity index (χ2n) is 5.27. The van der Waals surface area contributed by atoms with E-state index in [4.69, 9.17) is 16.3 Å². The normalized spacial score (nSPS) is 10.2. The number of aryl methyl sites for hydroxylation is 1. The monoisotopic (exact) mass is 407 g/mol. The molecule has 0 fully saturated rings. The molecule has 0 aliphatic heterocycles. The average Bonchev–Trinajstić information content (AvgIpc) is 2.62. The van der Waals surface area contributed by atoms with Crippen molar-refractivity contribution in [3.8, 4) is 6.07 Å². The molecule has 1 amide bonds. The van der Waals surface area contributed by atoms with Crippen LogP contribution < -0.4 is 5.32 Å². The fourth-order valence-electron chi connectivity index (χ4n) is 2.10. The highest BCUT2D eigenvalue weighted by molar-refractivity contribution is 8.00. The third kappa shape index (κ3) is 5.42. The number of hydrogen-bond acceptors (Lipinski definition) is 6. The van der Waals surface area contributed by atoms with Crippen LogP contribution in [0.25, 0.3) is 0 Å². The van der Waals surface area contributed by atoms with Crippen molar-refractivity contribution in [2.75, 3.05) is 17.7 Å². The van der Waals surface area contributed by atoms with E-state index >= 15 is 0 Å². The number of anilines is 1. The number of carbonyl (C=O) groups is 2. The van der Waals surface area contributed by atoms with Gasteiger partial charge in [-0.1, -0.05) is 23.4 Å². The van der Waals surface area contributed by atoms with Crippen LogP contribution in [0.2, 0.25) is 5.02 Å². The summed E-state index contributed by atoms with van der Waals surface area (Å²) in [6.45, 7) is 3.50. The lowest BCUT2D eigenvalue weighted by atomic mass is 10.1. The van der Waals surface area contributed by atoms with Crippen LogP contribution in [0.3, 0.4) is 0 Å². The van der Waals surface area contributed by atoms with Crippen molar-refractivity contribution in [3.05, 3.63) is 51.9 Å². The zero-order valence-electron chi connectivity index (χ0n) is 14.5. The highest BCUT2D eigenvalue weighted by Gasteiger charge is 2.17. The summed E-state index contributed by atoms with van der Waals surface area (Å²) in [5.41, 5.74) is 0.746. The predicted octanol–water partition coefficient (Wildman–Crippen LogP) is 3.96. The summed E-state index contributed by atoms with van der Waals surface area (Å²) in [5, 5.41) is 12.2. The van der Waals surface area contributed by atoms with Gasteiger partial charge in [0.05, 0.1) is 34.9 Å². The molecule has 1 N–H and O–H groups in total. The van der Waals surface area contributed by atoms with E-state index in [1.54, 1.807) is 13.8 Å². The molecule has 0 saturated heterocycles. The number of aromatic nitrogens is 1. The maximum absolute atomic E-state index is 13.7. The van der Waals surface area contributed by atoms with Crippen molar-refractivity contribution in [3.63, 3.8) is 0 Å². The lowest BCUT2D eigenvalue weighted by molar-refractivity contribution is -0.113. The maximum atomic E-state index is 13.7. The van der Waals surface area contributed by atoms with Gasteiger partial charge in [-0.3, -0.25) is 4.79 Å². The quantitative estimate of drug-likeness (QED) is 0.575. The summed E-state index contributed by atoms with van der Waals surface area (Å²) in [5.74, 6) is -1.78. The van der Waals surface area contributed by atoms with Gasteiger partial charge in [0.1, 0.15) is 16.9 Å². The molecule has 2 aromatic rings. The van der Waals surface area contributed by atoms with Crippen LogP contribution in [0.1, 0.15) is 28.5 Å². The highest BCUT2D eigenvalue weighted by atomic mass is 35.5. The fourth-order valence-corrected chi connectivity index (χ4v) is 3.06. The smallest absolute Gasteiger partial charge is 0.340 e. The summed E-state index contributed by atoms with van der Waals surface area (Å²) < 4.78 is 18.7. The van der Waals surface area contributed by atoms with Crippen molar-refractivity contribution in [2.24, 2.45) is 0 Å². The Morgan fingerprint density at radius 3 is 2.78 bits per heavy atom. The van der Waals surface area contributed by atoms with Crippen LogP contribution in [0.4, 0.5) is 10.1 Å². The van der Waals surface area contributed by atoms with Crippen molar-refractivity contribution >= 4 is 40.9 Å². The van der Waals surface area contributed by atoms with Crippen molar-refractivity contribution in [1.82, 2.24) is 4.98 Å². The average molecular weight is 408 g/mol. The third-order valence-electron chi connectivity index (χ3n) is 3.34. The summed E-state index contributed by atoms with van der Waals surface area (Å²) in [4.78, 5) is 28.2. The van der Waals surface area contributed by atoms with E-state index < -0.39 is 17.7 Å². The summed E-state index contributed by atoms with van der Waals surface area (Å²) in [7, 11) is 0. The van der Waals surface area contributed by atoms with Crippen molar-refractivity contribution < 1.29 is 18.7 Å². The standard InChI is InChI=1S/C18H15ClFN3O3S/c1-3-26-18(25)13-6-11(8-21)17(22-10(13)2)27-9-16(24)23-15-5-4-12(19)7-14(15)20/h4-7H,3,9H2,1-2H3,(H,23,24). The Balaban J connectivity index is 2.10. The predicted molar refractivity (Wildman–Crippen MR) is 100 cm³/mol. The molecule has 1 aromatic carbocycles. The molecule has 0 aliphatic carbocycles. The molecule has 0 aliphatic rings. The van der Waals surface area contributed by atoms with Gasteiger partial charge in [-0.15, -0.1) is 0 Å². The largest absolute Gasteiger partial charge is 0.462 e. The molecule has 0 atom stereocenters. The van der Waals surface area contributed by atoms with Crippen LogP contribution >= 0.6 is 23.4 Å². The minimum absolute atomic E-state index is 0.00676. The van der Waals surface area contributed by atoms with Gasteiger partial charge in [-0.05, 0) is 38.1 Å². The van der Waals surface area contributed by atoms with Gasteiger partial charge in [0.2, 0.25) is 5.91 Å².